The molecule has 1 aromatic rings. The lowest BCUT2D eigenvalue weighted by atomic mass is 10.5. The molecular formula is C7H11N3O2S. The molecule has 0 saturated carbocycles. The molecule has 1 heterocycles. The van der Waals surface area contributed by atoms with E-state index in [1.165, 1.54) is 12.4 Å². The van der Waals surface area contributed by atoms with Gasteiger partial charge < -0.3 is 4.98 Å². The molecule has 0 aliphatic heterocycles. The molecule has 0 atom stereocenters. The predicted molar refractivity (Wildman–Crippen MR) is 49.4 cm³/mol. The van der Waals surface area contributed by atoms with Crippen molar-refractivity contribution in [1.82, 2.24) is 14.7 Å². The van der Waals surface area contributed by atoms with Crippen molar-refractivity contribution < 1.29 is 8.42 Å². The fraction of sp³-hybridized carbons (Fsp3) is 0.286. The smallest absolute Gasteiger partial charge is 0.215 e. The first kappa shape index (κ1) is 9.94. The van der Waals surface area contributed by atoms with Crippen LogP contribution in [0, 0.1) is 0 Å². The minimum absolute atomic E-state index is 0.0683. The van der Waals surface area contributed by atoms with E-state index in [0.717, 1.165) is 5.69 Å². The highest BCUT2D eigenvalue weighted by atomic mass is 32.2. The largest absolute Gasteiger partial charge is 0.347 e. The maximum absolute atomic E-state index is 11.1. The summed E-state index contributed by atoms with van der Waals surface area (Å²) in [5.74, 6) is -0.0683. The van der Waals surface area contributed by atoms with Crippen LogP contribution in [0.3, 0.4) is 0 Å². The van der Waals surface area contributed by atoms with Gasteiger partial charge in [0, 0.05) is 11.9 Å². The van der Waals surface area contributed by atoms with Crippen LogP contribution in [0.25, 0.3) is 0 Å². The molecule has 0 radical (unpaired) electrons. The van der Waals surface area contributed by atoms with Crippen molar-refractivity contribution >= 4 is 10.0 Å². The maximum Gasteiger partial charge on any atom is 0.215 e. The topological polar surface area (TPSA) is 74.8 Å². The number of H-pyrrole nitrogens is 1. The van der Waals surface area contributed by atoms with Gasteiger partial charge in [-0.3, -0.25) is 0 Å². The first-order valence-corrected chi connectivity index (χ1v) is 5.35. The molecular weight excluding hydrogens is 190 g/mol. The molecule has 72 valence electrons. The summed E-state index contributed by atoms with van der Waals surface area (Å²) in [6, 6.07) is 0. The highest BCUT2D eigenvalue weighted by Gasteiger charge is 2.06. The summed E-state index contributed by atoms with van der Waals surface area (Å²) in [4.78, 5) is 6.55. The lowest BCUT2D eigenvalue weighted by molar-refractivity contribution is 0.584. The molecule has 0 amide bonds. The van der Waals surface area contributed by atoms with E-state index in [-0.39, 0.29) is 12.3 Å². The average molecular weight is 201 g/mol. The summed E-state index contributed by atoms with van der Waals surface area (Å²) < 4.78 is 24.6. The number of aromatic nitrogens is 2. The van der Waals surface area contributed by atoms with Crippen LogP contribution >= 0.6 is 0 Å². The minimum atomic E-state index is -3.22. The van der Waals surface area contributed by atoms with E-state index in [2.05, 4.69) is 21.3 Å². The fourth-order valence-electron chi connectivity index (χ4n) is 0.783. The van der Waals surface area contributed by atoms with E-state index in [1.54, 1.807) is 6.20 Å². The number of aromatic amines is 1. The average Bonchev–Trinajstić information content (AvgIpc) is 2.52. The number of sulfonamides is 1. The second-order valence-corrected chi connectivity index (χ2v) is 4.32. The summed E-state index contributed by atoms with van der Waals surface area (Å²) >= 11 is 0. The predicted octanol–water partition coefficient (Wildman–Crippen LogP) is 0.0151. The summed E-state index contributed by atoms with van der Waals surface area (Å²) in [5.41, 5.74) is 0.729. The quantitative estimate of drug-likeness (QED) is 0.659. The van der Waals surface area contributed by atoms with Gasteiger partial charge in [0.25, 0.3) is 0 Å². The van der Waals surface area contributed by atoms with Crippen LogP contribution in [0.1, 0.15) is 5.69 Å². The van der Waals surface area contributed by atoms with Crippen molar-refractivity contribution in [3.63, 3.8) is 0 Å². The van der Waals surface area contributed by atoms with Crippen LogP contribution in [0.2, 0.25) is 0 Å². The van der Waals surface area contributed by atoms with Gasteiger partial charge in [0.2, 0.25) is 10.0 Å². The van der Waals surface area contributed by atoms with Gasteiger partial charge in [0.05, 0.1) is 18.6 Å². The Morgan fingerprint density at radius 1 is 1.69 bits per heavy atom. The second kappa shape index (κ2) is 4.20. The molecule has 1 rings (SSSR count). The molecule has 0 unspecified atom stereocenters. The third kappa shape index (κ3) is 3.39. The van der Waals surface area contributed by atoms with Crippen LogP contribution in [-0.2, 0) is 16.6 Å². The number of nitrogens with one attached hydrogen (secondary N) is 2. The Morgan fingerprint density at radius 3 is 3.00 bits per heavy atom. The van der Waals surface area contributed by atoms with Crippen LogP contribution in [0.15, 0.2) is 25.2 Å². The number of nitrogens with zero attached hydrogens (tertiary/aromatic N) is 1. The van der Waals surface area contributed by atoms with Gasteiger partial charge in [-0.15, -0.1) is 6.58 Å². The normalized spacial score (nSPS) is 11.4. The summed E-state index contributed by atoms with van der Waals surface area (Å²) in [6.07, 6.45) is 4.41. The molecule has 0 saturated heterocycles. The lowest BCUT2D eigenvalue weighted by Gasteiger charge is -2.01. The van der Waals surface area contributed by atoms with E-state index in [4.69, 9.17) is 0 Å². The second-order valence-electron chi connectivity index (χ2n) is 2.47. The fourth-order valence-corrected chi connectivity index (χ4v) is 1.59. The molecule has 0 spiro atoms. The van der Waals surface area contributed by atoms with Crippen molar-refractivity contribution in [2.75, 3.05) is 5.75 Å². The summed E-state index contributed by atoms with van der Waals surface area (Å²) in [7, 11) is -3.22. The zero-order valence-corrected chi connectivity index (χ0v) is 7.84. The lowest BCUT2D eigenvalue weighted by Crippen LogP contribution is -2.25. The zero-order chi connectivity index (χ0) is 9.73. The van der Waals surface area contributed by atoms with E-state index in [0.29, 0.717) is 0 Å². The first-order valence-electron chi connectivity index (χ1n) is 3.69. The van der Waals surface area contributed by atoms with Crippen LogP contribution in [0.5, 0.6) is 0 Å². The molecule has 0 aliphatic rings. The molecule has 13 heavy (non-hydrogen) atoms. The van der Waals surface area contributed by atoms with E-state index in [9.17, 15) is 8.42 Å². The highest BCUT2D eigenvalue weighted by molar-refractivity contribution is 7.89. The third-order valence-corrected chi connectivity index (χ3v) is 2.63. The van der Waals surface area contributed by atoms with Gasteiger partial charge in [-0.2, -0.15) is 0 Å². The Bertz CT molecular complexity index is 355. The molecule has 2 N–H and O–H groups in total. The Kier molecular flexibility index (Phi) is 3.21. The van der Waals surface area contributed by atoms with Crippen molar-refractivity contribution in [2.24, 2.45) is 0 Å². The van der Waals surface area contributed by atoms with Gasteiger partial charge in [-0.25, -0.2) is 18.1 Å². The van der Waals surface area contributed by atoms with E-state index in [1.807, 2.05) is 0 Å². The van der Waals surface area contributed by atoms with Gasteiger partial charge in [0.1, 0.15) is 0 Å². The van der Waals surface area contributed by atoms with E-state index >= 15 is 0 Å². The maximum atomic E-state index is 11.1. The molecule has 0 aliphatic carbocycles. The molecule has 0 fully saturated rings. The third-order valence-electron chi connectivity index (χ3n) is 1.37. The SMILES string of the molecule is C=CCS(=O)(=O)NCc1cnc[nH]1. The Labute approximate surface area is 76.9 Å². The van der Waals surface area contributed by atoms with Gasteiger partial charge >= 0.3 is 0 Å². The first-order chi connectivity index (χ1) is 6.14. The Balaban J connectivity index is 2.47. The van der Waals surface area contributed by atoms with Crippen molar-refractivity contribution in [2.45, 2.75) is 6.54 Å². The molecule has 0 bridgehead atoms. The van der Waals surface area contributed by atoms with Crippen molar-refractivity contribution in [3.8, 4) is 0 Å². The van der Waals surface area contributed by atoms with E-state index < -0.39 is 10.0 Å². The molecule has 6 heteroatoms. The number of imidazole rings is 1. The summed E-state index contributed by atoms with van der Waals surface area (Å²) in [6.45, 7) is 3.58. The highest BCUT2D eigenvalue weighted by Crippen LogP contribution is 1.92. The standard InChI is InChI=1S/C7H11N3O2S/c1-2-3-13(11,12)10-5-7-4-8-6-9-7/h2,4,6,10H,1,3,5H2,(H,8,9). The summed E-state index contributed by atoms with van der Waals surface area (Å²) in [5, 5.41) is 0. The van der Waals surface area contributed by atoms with Gasteiger partial charge in [0.15, 0.2) is 0 Å². The zero-order valence-electron chi connectivity index (χ0n) is 7.03. The van der Waals surface area contributed by atoms with Crippen molar-refractivity contribution in [1.29, 1.82) is 0 Å². The number of hydrogen-bond acceptors (Lipinski definition) is 3. The Hall–Kier alpha value is -1.14. The molecule has 5 nitrogen and oxygen atoms in total. The Morgan fingerprint density at radius 2 is 2.46 bits per heavy atom. The number of rotatable bonds is 5. The van der Waals surface area contributed by atoms with Crippen LogP contribution < -0.4 is 4.72 Å². The van der Waals surface area contributed by atoms with Gasteiger partial charge in [-0.05, 0) is 0 Å². The minimum Gasteiger partial charge on any atom is -0.347 e. The van der Waals surface area contributed by atoms with Gasteiger partial charge in [-0.1, -0.05) is 6.08 Å². The van der Waals surface area contributed by atoms with Crippen LogP contribution in [0.4, 0.5) is 0 Å². The number of hydrogen-bond donors (Lipinski definition) is 2. The molecule has 0 aromatic carbocycles. The molecule has 1 aromatic heterocycles. The van der Waals surface area contributed by atoms with Crippen LogP contribution in [-0.4, -0.2) is 24.1 Å². The van der Waals surface area contributed by atoms with Crippen molar-refractivity contribution in [3.05, 3.63) is 30.9 Å². The monoisotopic (exact) mass is 201 g/mol.